The molecular weight excluding hydrogens is 574 g/mol. The number of hydrogen-bond acceptors (Lipinski definition) is 5. The van der Waals surface area contributed by atoms with Gasteiger partial charge in [0.05, 0.1) is 21.3 Å². The molecule has 6 rings (SSSR count). The number of nitrogens with one attached hydrogen (secondary N) is 2. The first-order valence-electron chi connectivity index (χ1n) is 13.9. The van der Waals surface area contributed by atoms with Crippen LogP contribution in [-0.4, -0.2) is 42.3 Å². The van der Waals surface area contributed by atoms with Crippen LogP contribution in [0.5, 0.6) is 5.75 Å². The zero-order valence-electron chi connectivity index (χ0n) is 22.7. The average molecular weight is 604 g/mol. The molecule has 0 radical (unpaired) electrons. The van der Waals surface area contributed by atoms with Crippen molar-refractivity contribution in [2.24, 2.45) is 5.92 Å². The number of halogens is 1. The summed E-state index contributed by atoms with van der Waals surface area (Å²) in [6.45, 7) is 0. The SMILES string of the molecule is O=C(Nc1cc(S(=O)(=O)Nc2ccccc2Cl)ccc1O)[C@@H]1C[C@@H]2CCCC[C@@H]2N1C(=O)c1ccc2ccccc2c1. The van der Waals surface area contributed by atoms with Gasteiger partial charge in [-0.2, -0.15) is 0 Å². The number of nitrogens with zero attached hydrogens (tertiary/aromatic N) is 1. The van der Waals surface area contributed by atoms with Gasteiger partial charge in [-0.25, -0.2) is 8.42 Å². The van der Waals surface area contributed by atoms with Crippen molar-refractivity contribution in [3.05, 3.63) is 95.5 Å². The van der Waals surface area contributed by atoms with E-state index in [1.54, 1.807) is 29.2 Å². The standard InChI is InChI=1S/C32H30ClN3O5S/c33-25-10-4-5-11-26(25)35-42(40,41)24-15-16-30(37)27(19-24)34-31(38)29-18-22-9-3-6-12-28(22)36(29)32(39)23-14-13-20-7-1-2-8-21(20)17-23/h1-2,4-5,7-8,10-11,13-17,19,22,28-29,35,37H,3,6,9,12,18H2,(H,34,38)/t22-,28-,29-/m0/s1. The van der Waals surface area contributed by atoms with Crippen LogP contribution in [0, 0.1) is 5.92 Å². The number of sulfonamides is 1. The van der Waals surface area contributed by atoms with Crippen molar-refractivity contribution in [2.45, 2.75) is 49.1 Å². The largest absolute Gasteiger partial charge is 0.506 e. The second-order valence-corrected chi connectivity index (χ2v) is 13.0. The molecule has 1 aliphatic heterocycles. The number of phenolic OH excluding ortho intramolecular Hbond substituents is 1. The fraction of sp³-hybridized carbons (Fsp3) is 0.250. The second kappa shape index (κ2) is 11.3. The number of phenols is 1. The molecule has 1 saturated carbocycles. The molecule has 3 N–H and O–H groups in total. The van der Waals surface area contributed by atoms with Crippen LogP contribution < -0.4 is 10.0 Å². The Morgan fingerprint density at radius 3 is 2.40 bits per heavy atom. The molecule has 8 nitrogen and oxygen atoms in total. The Bertz CT molecular complexity index is 1790. The predicted octanol–water partition coefficient (Wildman–Crippen LogP) is 6.41. The number of anilines is 2. The van der Waals surface area contributed by atoms with Crippen LogP contribution in [0.15, 0.2) is 89.8 Å². The van der Waals surface area contributed by atoms with E-state index in [1.165, 1.54) is 24.3 Å². The van der Waals surface area contributed by atoms with E-state index < -0.39 is 22.0 Å². The molecule has 10 heteroatoms. The fourth-order valence-corrected chi connectivity index (χ4v) is 7.55. The van der Waals surface area contributed by atoms with E-state index in [4.69, 9.17) is 11.6 Å². The maximum atomic E-state index is 14.0. The Morgan fingerprint density at radius 2 is 1.60 bits per heavy atom. The van der Waals surface area contributed by atoms with Crippen molar-refractivity contribution in [3.8, 4) is 5.75 Å². The Morgan fingerprint density at radius 1 is 0.857 bits per heavy atom. The molecule has 42 heavy (non-hydrogen) atoms. The number of likely N-dealkylation sites (tertiary alicyclic amines) is 1. The Balaban J connectivity index is 1.28. The Hall–Kier alpha value is -4.08. The maximum absolute atomic E-state index is 14.0. The Kier molecular flexibility index (Phi) is 7.55. The van der Waals surface area contributed by atoms with Gasteiger partial charge in [-0.05, 0) is 78.4 Å². The molecule has 0 spiro atoms. The van der Waals surface area contributed by atoms with Crippen LogP contribution in [0.2, 0.25) is 5.02 Å². The van der Waals surface area contributed by atoms with Crippen LogP contribution in [-0.2, 0) is 14.8 Å². The zero-order chi connectivity index (χ0) is 29.4. The van der Waals surface area contributed by atoms with Crippen molar-refractivity contribution >= 4 is 55.6 Å². The van der Waals surface area contributed by atoms with E-state index in [2.05, 4.69) is 10.0 Å². The minimum Gasteiger partial charge on any atom is -0.506 e. The minimum absolute atomic E-state index is 0.0602. The highest BCUT2D eigenvalue weighted by molar-refractivity contribution is 7.92. The van der Waals surface area contributed by atoms with Crippen LogP contribution in [0.1, 0.15) is 42.5 Å². The summed E-state index contributed by atoms with van der Waals surface area (Å²) in [7, 11) is -4.09. The molecule has 1 aliphatic carbocycles. The highest BCUT2D eigenvalue weighted by Gasteiger charge is 2.47. The summed E-state index contributed by atoms with van der Waals surface area (Å²) < 4.78 is 28.6. The van der Waals surface area contributed by atoms with Gasteiger partial charge in [0.15, 0.2) is 0 Å². The van der Waals surface area contributed by atoms with Crippen LogP contribution in [0.25, 0.3) is 10.8 Å². The molecule has 0 unspecified atom stereocenters. The first kappa shape index (κ1) is 28.1. The van der Waals surface area contributed by atoms with Crippen LogP contribution in [0.3, 0.4) is 0 Å². The van der Waals surface area contributed by atoms with E-state index in [0.717, 1.165) is 36.5 Å². The number of fused-ring (bicyclic) bond motifs is 2. The lowest BCUT2D eigenvalue weighted by Gasteiger charge is -2.33. The smallest absolute Gasteiger partial charge is 0.262 e. The number of carbonyl (C=O) groups excluding carboxylic acids is 2. The third-order valence-electron chi connectivity index (χ3n) is 8.28. The lowest BCUT2D eigenvalue weighted by Crippen LogP contribution is -2.47. The highest BCUT2D eigenvalue weighted by atomic mass is 35.5. The molecule has 1 saturated heterocycles. The fourth-order valence-electron chi connectivity index (χ4n) is 6.20. The summed E-state index contributed by atoms with van der Waals surface area (Å²) in [5.41, 5.74) is 0.656. The topological polar surface area (TPSA) is 116 Å². The Labute approximate surface area is 249 Å². The van der Waals surface area contributed by atoms with Gasteiger partial charge in [-0.15, -0.1) is 0 Å². The first-order chi connectivity index (χ1) is 20.2. The van der Waals surface area contributed by atoms with Crippen molar-refractivity contribution in [1.82, 2.24) is 4.90 Å². The number of benzene rings is 4. The molecule has 2 aliphatic rings. The molecule has 0 aromatic heterocycles. The van der Waals surface area contributed by atoms with Crippen molar-refractivity contribution in [2.75, 3.05) is 10.0 Å². The van der Waals surface area contributed by atoms with E-state index in [0.29, 0.717) is 12.0 Å². The van der Waals surface area contributed by atoms with Gasteiger partial charge in [0.2, 0.25) is 5.91 Å². The van der Waals surface area contributed by atoms with Gasteiger partial charge in [-0.1, -0.05) is 66.9 Å². The number of amides is 2. The predicted molar refractivity (Wildman–Crippen MR) is 163 cm³/mol. The van der Waals surface area contributed by atoms with Gasteiger partial charge >= 0.3 is 0 Å². The monoisotopic (exact) mass is 603 g/mol. The highest BCUT2D eigenvalue weighted by Crippen LogP contribution is 2.41. The van der Waals surface area contributed by atoms with E-state index in [1.807, 2.05) is 36.4 Å². The molecule has 2 fully saturated rings. The van der Waals surface area contributed by atoms with Crippen molar-refractivity contribution in [1.29, 1.82) is 0 Å². The van der Waals surface area contributed by atoms with Crippen molar-refractivity contribution in [3.63, 3.8) is 0 Å². The lowest BCUT2D eigenvalue weighted by molar-refractivity contribution is -0.120. The molecule has 4 aromatic carbocycles. The molecule has 1 heterocycles. The molecular formula is C32H30ClN3O5S. The van der Waals surface area contributed by atoms with E-state index in [-0.39, 0.29) is 44.9 Å². The summed E-state index contributed by atoms with van der Waals surface area (Å²) in [4.78, 5) is 29.3. The maximum Gasteiger partial charge on any atom is 0.262 e. The normalized spacial score (nSPS) is 20.2. The molecule has 4 aromatic rings. The summed E-state index contributed by atoms with van der Waals surface area (Å²) >= 11 is 6.12. The van der Waals surface area contributed by atoms with E-state index in [9.17, 15) is 23.1 Å². The molecule has 216 valence electrons. The number of rotatable bonds is 6. The van der Waals surface area contributed by atoms with Gasteiger partial charge < -0.3 is 15.3 Å². The zero-order valence-corrected chi connectivity index (χ0v) is 24.2. The summed E-state index contributed by atoms with van der Waals surface area (Å²) in [6, 6.07) is 22.6. The quantitative estimate of drug-likeness (QED) is 0.220. The summed E-state index contributed by atoms with van der Waals surface area (Å²) in [5.74, 6) is -0.774. The van der Waals surface area contributed by atoms with Gasteiger partial charge in [0, 0.05) is 11.6 Å². The molecule has 0 bridgehead atoms. The molecule has 3 atom stereocenters. The number of hydrogen-bond donors (Lipinski definition) is 3. The number of aromatic hydroxyl groups is 1. The third kappa shape index (κ3) is 5.42. The van der Waals surface area contributed by atoms with E-state index >= 15 is 0 Å². The summed E-state index contributed by atoms with van der Waals surface area (Å²) in [5, 5.41) is 15.5. The third-order valence-corrected chi connectivity index (χ3v) is 9.97. The van der Waals surface area contributed by atoms with Crippen LogP contribution >= 0.6 is 11.6 Å². The number of carbonyl (C=O) groups is 2. The minimum atomic E-state index is -4.09. The van der Waals surface area contributed by atoms with Gasteiger partial charge in [0.25, 0.3) is 15.9 Å². The second-order valence-electron chi connectivity index (χ2n) is 10.9. The van der Waals surface area contributed by atoms with Crippen LogP contribution in [0.4, 0.5) is 11.4 Å². The average Bonchev–Trinajstić information content (AvgIpc) is 3.38. The number of para-hydroxylation sites is 1. The lowest BCUT2D eigenvalue weighted by atomic mass is 9.84. The van der Waals surface area contributed by atoms with Gasteiger partial charge in [0.1, 0.15) is 11.8 Å². The molecule has 2 amide bonds. The van der Waals surface area contributed by atoms with Crippen molar-refractivity contribution < 1.29 is 23.1 Å². The van der Waals surface area contributed by atoms with Gasteiger partial charge in [-0.3, -0.25) is 14.3 Å². The summed E-state index contributed by atoms with van der Waals surface area (Å²) in [6.07, 6.45) is 4.29. The first-order valence-corrected chi connectivity index (χ1v) is 15.8.